The van der Waals surface area contributed by atoms with Gasteiger partial charge in [0.15, 0.2) is 0 Å². The molecule has 0 aliphatic heterocycles. The molecule has 1 aromatic carbocycles. The molecule has 2 nitrogen and oxygen atoms in total. The van der Waals surface area contributed by atoms with Crippen molar-refractivity contribution in [2.24, 2.45) is 4.40 Å². The minimum absolute atomic E-state index is 0.0534. The van der Waals surface area contributed by atoms with Gasteiger partial charge in [-0.15, -0.1) is 0 Å². The van der Waals surface area contributed by atoms with Gasteiger partial charge in [0.05, 0.1) is 11.4 Å². The molecule has 0 unspecified atom stereocenters. The van der Waals surface area contributed by atoms with Gasteiger partial charge in [-0.25, -0.2) is 13.8 Å². The van der Waals surface area contributed by atoms with Crippen LogP contribution in [0.25, 0.3) is 11.3 Å². The van der Waals surface area contributed by atoms with Crippen molar-refractivity contribution in [2.45, 2.75) is 46.3 Å². The average molecular weight is 367 g/mol. The van der Waals surface area contributed by atoms with E-state index in [4.69, 9.17) is 11.6 Å². The summed E-state index contributed by atoms with van der Waals surface area (Å²) in [5.41, 5.74) is 3.32. The lowest BCUT2D eigenvalue weighted by Crippen LogP contribution is -2.06. The van der Waals surface area contributed by atoms with Gasteiger partial charge in [0.25, 0.3) is 0 Å². The van der Waals surface area contributed by atoms with E-state index in [9.17, 15) is 4.39 Å². The maximum Gasteiger partial charge on any atom is 0.130 e. The van der Waals surface area contributed by atoms with Crippen LogP contribution in [-0.2, 0) is 0 Å². The lowest BCUT2D eigenvalue weighted by atomic mass is 10.1. The minimum Gasteiger partial charge on any atom is -0.236 e. The minimum atomic E-state index is -0.273. The second kappa shape index (κ2) is 9.19. The van der Waals surface area contributed by atoms with Gasteiger partial charge in [0.2, 0.25) is 0 Å². The number of hydrogen-bond acceptors (Lipinski definition) is 3. The molecular weight excluding hydrogens is 343 g/mol. The van der Waals surface area contributed by atoms with Crippen molar-refractivity contribution in [1.82, 2.24) is 4.98 Å². The van der Waals surface area contributed by atoms with Crippen LogP contribution in [0.2, 0.25) is 5.15 Å². The third-order valence-corrected chi connectivity index (χ3v) is 3.91. The van der Waals surface area contributed by atoms with Gasteiger partial charge in [0.1, 0.15) is 11.0 Å². The second-order valence-electron chi connectivity index (χ2n) is 5.95. The number of halogens is 2. The van der Waals surface area contributed by atoms with Gasteiger partial charge in [-0.05, 0) is 76.0 Å². The van der Waals surface area contributed by atoms with Crippen LogP contribution in [0.3, 0.4) is 0 Å². The molecule has 2 aromatic rings. The van der Waals surface area contributed by atoms with E-state index in [2.05, 4.69) is 30.2 Å². The summed E-state index contributed by atoms with van der Waals surface area (Å²) in [6, 6.07) is 9.90. The Bertz CT molecular complexity index is 692. The zero-order valence-electron chi connectivity index (χ0n) is 15.0. The third-order valence-electron chi connectivity index (χ3n) is 2.81. The van der Waals surface area contributed by atoms with E-state index >= 15 is 0 Å². The summed E-state index contributed by atoms with van der Waals surface area (Å²) in [5.74, 6) is -0.273. The van der Waals surface area contributed by atoms with Crippen molar-refractivity contribution in [3.63, 3.8) is 0 Å². The van der Waals surface area contributed by atoms with E-state index in [0.717, 1.165) is 16.8 Å². The van der Waals surface area contributed by atoms with E-state index in [-0.39, 0.29) is 10.6 Å². The molecule has 0 fully saturated rings. The third kappa shape index (κ3) is 6.62. The number of benzene rings is 1. The molecule has 0 saturated carbocycles. The normalized spacial score (nSPS) is 11.8. The van der Waals surface area contributed by atoms with Crippen molar-refractivity contribution >= 4 is 29.3 Å². The van der Waals surface area contributed by atoms with Gasteiger partial charge >= 0.3 is 0 Å². The van der Waals surface area contributed by atoms with Crippen LogP contribution in [0, 0.1) is 5.82 Å². The number of pyridine rings is 1. The fraction of sp³-hybridized carbons (Fsp3) is 0.368. The first-order valence-corrected chi connectivity index (χ1v) is 9.06. The van der Waals surface area contributed by atoms with E-state index in [0.29, 0.717) is 10.8 Å². The second-order valence-corrected chi connectivity index (χ2v) is 7.93. The molecule has 0 aliphatic rings. The van der Waals surface area contributed by atoms with Crippen molar-refractivity contribution < 1.29 is 4.39 Å². The first-order chi connectivity index (χ1) is 11.2. The molecule has 2 rings (SSSR count). The molecule has 0 atom stereocenters. The maximum atomic E-state index is 13.0. The van der Waals surface area contributed by atoms with Gasteiger partial charge < -0.3 is 0 Å². The molecule has 130 valence electrons. The quantitative estimate of drug-likeness (QED) is 0.338. The van der Waals surface area contributed by atoms with Crippen molar-refractivity contribution in [3.05, 3.63) is 52.9 Å². The highest BCUT2D eigenvalue weighted by Gasteiger charge is 2.11. The summed E-state index contributed by atoms with van der Waals surface area (Å²) < 4.78 is 17.6. The fourth-order valence-corrected chi connectivity index (χ4v) is 2.46. The fourth-order valence-electron chi connectivity index (χ4n) is 1.73. The Kier molecular flexibility index (Phi) is 7.91. The molecule has 5 heteroatoms. The van der Waals surface area contributed by atoms with Crippen molar-refractivity contribution in [2.75, 3.05) is 0 Å². The summed E-state index contributed by atoms with van der Waals surface area (Å²) in [5, 5.41) is 0.395. The molecule has 0 aliphatic carbocycles. The molecule has 0 radical (unpaired) electrons. The Morgan fingerprint density at radius 1 is 1.12 bits per heavy atom. The number of hydrogen-bond donors (Lipinski definition) is 0. The monoisotopic (exact) mass is 366 g/mol. The summed E-state index contributed by atoms with van der Waals surface area (Å²) in [7, 11) is 0. The molecule has 0 spiro atoms. The Morgan fingerprint density at radius 2 is 1.71 bits per heavy atom. The average Bonchev–Trinajstić information content (AvgIpc) is 2.54. The SMILES string of the molecule is C/C(=N/SC(C)(C)C)c1cc(Cl)nc(-c2ccc(F)cc2)c1.CC. The molecule has 0 amide bonds. The maximum absolute atomic E-state index is 13.0. The molecular formula is C19H24ClFN2S. The Balaban J connectivity index is 0.00000139. The van der Waals surface area contributed by atoms with E-state index in [1.165, 1.54) is 24.1 Å². The van der Waals surface area contributed by atoms with Crippen LogP contribution >= 0.6 is 23.5 Å². The standard InChI is InChI=1S/C17H18ClFN2S.C2H6/c1-11(21-22-17(2,3)4)13-9-15(20-16(18)10-13)12-5-7-14(19)8-6-12;1-2/h5-10H,1-4H3;1-2H3/b21-11-;. The largest absolute Gasteiger partial charge is 0.236 e. The van der Waals surface area contributed by atoms with Crippen LogP contribution in [0.5, 0.6) is 0 Å². The van der Waals surface area contributed by atoms with E-state index in [1.807, 2.05) is 26.8 Å². The molecule has 0 saturated heterocycles. The smallest absolute Gasteiger partial charge is 0.130 e. The molecule has 0 N–H and O–H groups in total. The van der Waals surface area contributed by atoms with Gasteiger partial charge in [-0.2, -0.15) is 0 Å². The lowest BCUT2D eigenvalue weighted by Gasteiger charge is -2.14. The molecule has 1 heterocycles. The van der Waals surface area contributed by atoms with Gasteiger partial charge in [-0.1, -0.05) is 25.4 Å². The molecule has 24 heavy (non-hydrogen) atoms. The van der Waals surface area contributed by atoms with Gasteiger partial charge in [0, 0.05) is 15.9 Å². The zero-order chi connectivity index (χ0) is 18.3. The predicted molar refractivity (Wildman–Crippen MR) is 106 cm³/mol. The predicted octanol–water partition coefficient (Wildman–Crippen LogP) is 6.82. The number of aromatic nitrogens is 1. The van der Waals surface area contributed by atoms with Crippen molar-refractivity contribution in [3.8, 4) is 11.3 Å². The van der Waals surface area contributed by atoms with Gasteiger partial charge in [-0.3, -0.25) is 0 Å². The Hall–Kier alpha value is -1.39. The Morgan fingerprint density at radius 3 is 2.25 bits per heavy atom. The van der Waals surface area contributed by atoms with Crippen LogP contribution in [0.1, 0.15) is 47.1 Å². The highest BCUT2D eigenvalue weighted by atomic mass is 35.5. The van der Waals surface area contributed by atoms with Crippen LogP contribution in [0.15, 0.2) is 40.8 Å². The number of nitrogens with zero attached hydrogens (tertiary/aromatic N) is 2. The summed E-state index contributed by atoms with van der Waals surface area (Å²) >= 11 is 7.64. The summed E-state index contributed by atoms with van der Waals surface area (Å²) in [6.07, 6.45) is 0. The molecule has 1 aromatic heterocycles. The van der Waals surface area contributed by atoms with Crippen LogP contribution in [0.4, 0.5) is 4.39 Å². The molecule has 0 bridgehead atoms. The van der Waals surface area contributed by atoms with Crippen LogP contribution < -0.4 is 0 Å². The van der Waals surface area contributed by atoms with Crippen molar-refractivity contribution in [1.29, 1.82) is 0 Å². The topological polar surface area (TPSA) is 25.2 Å². The highest BCUT2D eigenvalue weighted by molar-refractivity contribution is 7.99. The zero-order valence-corrected chi connectivity index (χ0v) is 16.6. The first kappa shape index (κ1) is 20.7. The van der Waals surface area contributed by atoms with E-state index in [1.54, 1.807) is 18.2 Å². The number of rotatable bonds is 3. The highest BCUT2D eigenvalue weighted by Crippen LogP contribution is 2.27. The van der Waals surface area contributed by atoms with E-state index < -0.39 is 0 Å². The Labute approximate surface area is 153 Å². The lowest BCUT2D eigenvalue weighted by molar-refractivity contribution is 0.628. The summed E-state index contributed by atoms with van der Waals surface area (Å²) in [6.45, 7) is 12.3. The first-order valence-electron chi connectivity index (χ1n) is 7.91. The summed E-state index contributed by atoms with van der Waals surface area (Å²) in [4.78, 5) is 4.31. The van der Waals surface area contributed by atoms with Crippen LogP contribution in [-0.4, -0.2) is 15.4 Å².